The fourth-order valence-electron chi connectivity index (χ4n) is 4.58. The molecular weight excluding hydrogens is 412 g/mol. The molecule has 0 saturated carbocycles. The van der Waals surface area contributed by atoms with Gasteiger partial charge in [-0.25, -0.2) is 0 Å². The normalized spacial score (nSPS) is 14.6. The van der Waals surface area contributed by atoms with E-state index in [0.29, 0.717) is 5.56 Å². The molecule has 0 atom stereocenters. The number of carbonyl (C=O) groups is 1. The topological polar surface area (TPSA) is 37.3 Å². The molecule has 2 aromatic rings. The van der Waals surface area contributed by atoms with Crippen LogP contribution in [0.1, 0.15) is 87.7 Å². The molecule has 2 nitrogen and oxygen atoms in total. The third kappa shape index (κ3) is 3.71. The van der Waals surface area contributed by atoms with E-state index in [1.54, 1.807) is 13.8 Å². The molecule has 0 radical (unpaired) electrons. The number of carbonyl (C=O) groups excluding carboxylic acids is 1. The van der Waals surface area contributed by atoms with Crippen LogP contribution in [0, 0.1) is 0 Å². The first kappa shape index (κ1) is 21.3. The van der Waals surface area contributed by atoms with Crippen LogP contribution >= 0.6 is 15.9 Å². The van der Waals surface area contributed by atoms with E-state index < -0.39 is 5.60 Å². The molecular formula is C25H31BrO2. The van der Waals surface area contributed by atoms with Crippen molar-refractivity contribution in [3.05, 3.63) is 57.6 Å². The molecule has 0 spiro atoms. The van der Waals surface area contributed by atoms with Gasteiger partial charge in [0, 0.05) is 15.5 Å². The van der Waals surface area contributed by atoms with Crippen LogP contribution < -0.4 is 0 Å². The van der Waals surface area contributed by atoms with Crippen LogP contribution in [0.5, 0.6) is 0 Å². The van der Waals surface area contributed by atoms with Crippen molar-refractivity contribution in [1.29, 1.82) is 0 Å². The summed E-state index contributed by atoms with van der Waals surface area (Å²) >= 11 is 3.67. The summed E-state index contributed by atoms with van der Waals surface area (Å²) in [4.78, 5) is 12.8. The van der Waals surface area contributed by atoms with Crippen molar-refractivity contribution in [1.82, 2.24) is 0 Å². The van der Waals surface area contributed by atoms with Crippen molar-refractivity contribution in [3.8, 4) is 11.1 Å². The van der Waals surface area contributed by atoms with E-state index in [-0.39, 0.29) is 11.2 Å². The molecule has 0 heterocycles. The largest absolute Gasteiger partial charge is 0.382 e. The molecule has 0 amide bonds. The zero-order valence-corrected chi connectivity index (χ0v) is 19.0. The lowest BCUT2D eigenvalue weighted by Gasteiger charge is -2.33. The van der Waals surface area contributed by atoms with E-state index >= 15 is 0 Å². The summed E-state index contributed by atoms with van der Waals surface area (Å²) in [5, 5.41) is 10.3. The molecule has 0 unspecified atom stereocenters. The third-order valence-electron chi connectivity index (χ3n) is 6.05. The Kier molecular flexibility index (Phi) is 6.17. The number of halogens is 1. The first-order valence-corrected chi connectivity index (χ1v) is 11.3. The van der Waals surface area contributed by atoms with Gasteiger partial charge >= 0.3 is 0 Å². The van der Waals surface area contributed by atoms with Gasteiger partial charge in [-0.3, -0.25) is 4.79 Å². The van der Waals surface area contributed by atoms with Crippen LogP contribution in [0.15, 0.2) is 40.9 Å². The summed E-state index contributed by atoms with van der Waals surface area (Å²) in [5.41, 5.74) is 4.35. The Morgan fingerprint density at radius 2 is 1.50 bits per heavy atom. The summed E-state index contributed by atoms with van der Waals surface area (Å²) in [6, 6.07) is 12.6. The smallest absolute Gasteiger partial charge is 0.193 e. The standard InChI is InChI=1S/C25H31BrO2/c1-5-7-13-25(14-8-6-2)21-15-17(23(27)24(3,4)28)9-11-19(21)20-12-10-18(26)16-22(20)25/h9-12,15-16,28H,5-8,13-14H2,1-4H3. The first-order valence-electron chi connectivity index (χ1n) is 10.5. The highest BCUT2D eigenvalue weighted by molar-refractivity contribution is 9.10. The van der Waals surface area contributed by atoms with Gasteiger partial charge in [-0.05, 0) is 67.1 Å². The maximum Gasteiger partial charge on any atom is 0.193 e. The average molecular weight is 443 g/mol. The van der Waals surface area contributed by atoms with Gasteiger partial charge in [0.15, 0.2) is 5.78 Å². The highest BCUT2D eigenvalue weighted by atomic mass is 79.9. The molecule has 0 fully saturated rings. The van der Waals surface area contributed by atoms with Gasteiger partial charge in [0.2, 0.25) is 0 Å². The Morgan fingerprint density at radius 1 is 0.964 bits per heavy atom. The quantitative estimate of drug-likeness (QED) is 0.444. The molecule has 2 aromatic carbocycles. The summed E-state index contributed by atoms with van der Waals surface area (Å²) in [6.45, 7) is 7.60. The number of aliphatic hydroxyl groups is 1. The van der Waals surface area contributed by atoms with Gasteiger partial charge < -0.3 is 5.11 Å². The fourth-order valence-corrected chi connectivity index (χ4v) is 4.94. The molecule has 1 aliphatic carbocycles. The summed E-state index contributed by atoms with van der Waals surface area (Å²) in [7, 11) is 0. The summed E-state index contributed by atoms with van der Waals surface area (Å²) in [5.74, 6) is -0.215. The van der Waals surface area contributed by atoms with E-state index in [9.17, 15) is 9.90 Å². The molecule has 0 aromatic heterocycles. The molecule has 1 N–H and O–H groups in total. The molecule has 3 rings (SSSR count). The molecule has 0 bridgehead atoms. The number of rotatable bonds is 8. The number of ketones is 1. The van der Waals surface area contributed by atoms with Crippen molar-refractivity contribution < 1.29 is 9.90 Å². The minimum atomic E-state index is -1.36. The van der Waals surface area contributed by atoms with Crippen molar-refractivity contribution in [2.75, 3.05) is 0 Å². The zero-order chi connectivity index (χ0) is 20.5. The third-order valence-corrected chi connectivity index (χ3v) is 6.55. The van der Waals surface area contributed by atoms with E-state index in [4.69, 9.17) is 0 Å². The van der Waals surface area contributed by atoms with Crippen LogP contribution in [0.4, 0.5) is 0 Å². The monoisotopic (exact) mass is 442 g/mol. The molecule has 0 saturated heterocycles. The van der Waals surface area contributed by atoms with Gasteiger partial charge in [0.25, 0.3) is 0 Å². The molecule has 0 aliphatic heterocycles. The number of Topliss-reactive ketones (excluding diaryl/α,β-unsaturated/α-hetero) is 1. The SMILES string of the molecule is CCCCC1(CCCC)c2cc(Br)ccc2-c2ccc(C(=O)C(C)(C)O)cc21. The number of unbranched alkanes of at least 4 members (excludes halogenated alkanes) is 2. The lowest BCUT2D eigenvalue weighted by Crippen LogP contribution is -2.32. The molecule has 3 heteroatoms. The van der Waals surface area contributed by atoms with Crippen molar-refractivity contribution in [3.63, 3.8) is 0 Å². The van der Waals surface area contributed by atoms with Gasteiger partial charge in [0.1, 0.15) is 5.60 Å². The predicted octanol–water partition coefficient (Wildman–Crippen LogP) is 7.05. The van der Waals surface area contributed by atoms with Crippen LogP contribution in [0.2, 0.25) is 0 Å². The highest BCUT2D eigenvalue weighted by Crippen LogP contribution is 2.54. The van der Waals surface area contributed by atoms with Gasteiger partial charge in [-0.2, -0.15) is 0 Å². The second kappa shape index (κ2) is 8.12. The Morgan fingerprint density at radius 3 is 2.04 bits per heavy atom. The summed E-state index contributed by atoms with van der Waals surface area (Å²) < 4.78 is 1.10. The maximum atomic E-state index is 12.8. The maximum absolute atomic E-state index is 12.8. The van der Waals surface area contributed by atoms with Gasteiger partial charge in [-0.15, -0.1) is 0 Å². The Balaban J connectivity index is 2.23. The van der Waals surface area contributed by atoms with Crippen LogP contribution in [0.25, 0.3) is 11.1 Å². The lowest BCUT2D eigenvalue weighted by molar-refractivity contribution is 0.0488. The van der Waals surface area contributed by atoms with E-state index in [1.165, 1.54) is 22.3 Å². The Labute approximate surface area is 177 Å². The van der Waals surface area contributed by atoms with Gasteiger partial charge in [0.05, 0.1) is 0 Å². The summed E-state index contributed by atoms with van der Waals surface area (Å²) in [6.07, 6.45) is 6.77. The number of hydrogen-bond donors (Lipinski definition) is 1. The molecule has 150 valence electrons. The number of hydrogen-bond acceptors (Lipinski definition) is 2. The van der Waals surface area contributed by atoms with E-state index in [1.807, 2.05) is 6.07 Å². The van der Waals surface area contributed by atoms with Gasteiger partial charge in [-0.1, -0.05) is 73.7 Å². The van der Waals surface area contributed by atoms with Crippen molar-refractivity contribution in [2.45, 2.75) is 77.2 Å². The van der Waals surface area contributed by atoms with Crippen molar-refractivity contribution in [2.24, 2.45) is 0 Å². The van der Waals surface area contributed by atoms with E-state index in [2.05, 4.69) is 60.1 Å². The average Bonchev–Trinajstić information content (AvgIpc) is 2.92. The highest BCUT2D eigenvalue weighted by Gasteiger charge is 2.43. The van der Waals surface area contributed by atoms with Crippen molar-refractivity contribution >= 4 is 21.7 Å². The van der Waals surface area contributed by atoms with Crippen LogP contribution in [-0.4, -0.2) is 16.5 Å². The second-order valence-electron chi connectivity index (χ2n) is 8.63. The zero-order valence-electron chi connectivity index (χ0n) is 17.4. The van der Waals surface area contributed by atoms with E-state index in [0.717, 1.165) is 43.0 Å². The molecule has 1 aliphatic rings. The van der Waals surface area contributed by atoms with Crippen LogP contribution in [0.3, 0.4) is 0 Å². The lowest BCUT2D eigenvalue weighted by atomic mass is 9.70. The number of benzene rings is 2. The number of fused-ring (bicyclic) bond motifs is 3. The minimum absolute atomic E-state index is 0.0592. The first-order chi connectivity index (χ1) is 13.2. The Bertz CT molecular complexity index is 869. The fraction of sp³-hybridized carbons (Fsp3) is 0.480. The minimum Gasteiger partial charge on any atom is -0.382 e. The second-order valence-corrected chi connectivity index (χ2v) is 9.54. The molecule has 28 heavy (non-hydrogen) atoms. The Hall–Kier alpha value is -1.45. The van der Waals surface area contributed by atoms with Crippen LogP contribution in [-0.2, 0) is 5.41 Å². The predicted molar refractivity (Wildman–Crippen MR) is 120 cm³/mol.